The molecule has 1 heterocycles. The topological polar surface area (TPSA) is 64.6 Å². The summed E-state index contributed by atoms with van der Waals surface area (Å²) >= 11 is 0. The molecule has 1 saturated heterocycles. The SMILES string of the molecule is CCOC(=O)[C@@H]1C(=O)NC[C@H]1c1c(F)cc(OC)cc1F. The summed E-state index contributed by atoms with van der Waals surface area (Å²) in [6, 6.07) is 2.03. The van der Waals surface area contributed by atoms with Gasteiger partial charge in [-0.2, -0.15) is 0 Å². The van der Waals surface area contributed by atoms with Gasteiger partial charge in [0.15, 0.2) is 0 Å². The Morgan fingerprint density at radius 3 is 2.52 bits per heavy atom. The number of esters is 1. The van der Waals surface area contributed by atoms with E-state index in [1.54, 1.807) is 6.92 Å². The Morgan fingerprint density at radius 1 is 1.38 bits per heavy atom. The molecule has 0 aromatic heterocycles. The first-order chi connectivity index (χ1) is 9.99. The molecular weight excluding hydrogens is 284 g/mol. The van der Waals surface area contributed by atoms with Crippen LogP contribution in [0.15, 0.2) is 12.1 Å². The molecule has 0 spiro atoms. The molecule has 0 aliphatic carbocycles. The minimum atomic E-state index is -1.25. The number of carbonyl (C=O) groups is 2. The van der Waals surface area contributed by atoms with Crippen molar-refractivity contribution >= 4 is 11.9 Å². The minimum absolute atomic E-state index is 0.0253. The van der Waals surface area contributed by atoms with Crippen LogP contribution in [-0.2, 0) is 14.3 Å². The van der Waals surface area contributed by atoms with Gasteiger partial charge in [-0.3, -0.25) is 9.59 Å². The maximum Gasteiger partial charge on any atom is 0.319 e. The lowest BCUT2D eigenvalue weighted by Gasteiger charge is -2.17. The summed E-state index contributed by atoms with van der Waals surface area (Å²) in [5.41, 5.74) is -0.313. The number of hydrogen-bond donors (Lipinski definition) is 1. The number of halogens is 2. The Balaban J connectivity index is 2.40. The van der Waals surface area contributed by atoms with E-state index in [9.17, 15) is 18.4 Å². The zero-order valence-corrected chi connectivity index (χ0v) is 11.6. The van der Waals surface area contributed by atoms with Crippen molar-refractivity contribution in [3.63, 3.8) is 0 Å². The van der Waals surface area contributed by atoms with E-state index < -0.39 is 35.3 Å². The summed E-state index contributed by atoms with van der Waals surface area (Å²) in [4.78, 5) is 23.6. The molecule has 2 rings (SSSR count). The molecule has 1 aliphatic heterocycles. The highest BCUT2D eigenvalue weighted by molar-refractivity contribution is 6.00. The Labute approximate surface area is 120 Å². The number of ether oxygens (including phenoxy) is 2. The fourth-order valence-electron chi connectivity index (χ4n) is 2.43. The Kier molecular flexibility index (Phi) is 4.40. The van der Waals surface area contributed by atoms with E-state index in [2.05, 4.69) is 5.32 Å². The fourth-order valence-corrected chi connectivity index (χ4v) is 2.43. The lowest BCUT2D eigenvalue weighted by atomic mass is 9.87. The summed E-state index contributed by atoms with van der Waals surface area (Å²) in [6.07, 6.45) is 0. The predicted molar refractivity (Wildman–Crippen MR) is 68.8 cm³/mol. The van der Waals surface area contributed by atoms with Gasteiger partial charge in [0.2, 0.25) is 5.91 Å². The van der Waals surface area contributed by atoms with Gasteiger partial charge < -0.3 is 14.8 Å². The quantitative estimate of drug-likeness (QED) is 0.673. The van der Waals surface area contributed by atoms with Gasteiger partial charge in [-0.05, 0) is 6.92 Å². The maximum atomic E-state index is 14.1. The van der Waals surface area contributed by atoms with Crippen LogP contribution in [0.25, 0.3) is 0 Å². The van der Waals surface area contributed by atoms with Crippen molar-refractivity contribution < 1.29 is 27.8 Å². The van der Waals surface area contributed by atoms with Crippen molar-refractivity contribution in [2.24, 2.45) is 5.92 Å². The number of carbonyl (C=O) groups excluding carboxylic acids is 2. The number of amides is 1. The molecule has 0 saturated carbocycles. The third kappa shape index (κ3) is 2.81. The third-order valence-corrected chi connectivity index (χ3v) is 3.38. The molecule has 114 valence electrons. The maximum absolute atomic E-state index is 14.1. The zero-order valence-electron chi connectivity index (χ0n) is 11.6. The van der Waals surface area contributed by atoms with Gasteiger partial charge in [0.05, 0.1) is 13.7 Å². The van der Waals surface area contributed by atoms with E-state index in [4.69, 9.17) is 9.47 Å². The summed E-state index contributed by atoms with van der Waals surface area (Å²) < 4.78 is 37.8. The average Bonchev–Trinajstić information content (AvgIpc) is 2.80. The largest absolute Gasteiger partial charge is 0.497 e. The molecule has 7 heteroatoms. The first-order valence-corrected chi connectivity index (χ1v) is 6.46. The summed E-state index contributed by atoms with van der Waals surface area (Å²) in [5.74, 6) is -5.26. The van der Waals surface area contributed by atoms with Crippen LogP contribution in [0.1, 0.15) is 18.4 Å². The second kappa shape index (κ2) is 6.07. The zero-order chi connectivity index (χ0) is 15.6. The van der Waals surface area contributed by atoms with Crippen molar-refractivity contribution in [2.45, 2.75) is 12.8 Å². The molecule has 1 aromatic rings. The van der Waals surface area contributed by atoms with Crippen LogP contribution in [-0.4, -0.2) is 32.1 Å². The third-order valence-electron chi connectivity index (χ3n) is 3.38. The van der Waals surface area contributed by atoms with E-state index in [1.165, 1.54) is 7.11 Å². The molecule has 1 aliphatic rings. The van der Waals surface area contributed by atoms with Gasteiger partial charge in [-0.25, -0.2) is 8.78 Å². The van der Waals surface area contributed by atoms with Gasteiger partial charge in [0.25, 0.3) is 0 Å². The molecular formula is C14H15F2NO4. The van der Waals surface area contributed by atoms with Crippen LogP contribution in [0.5, 0.6) is 5.75 Å². The second-order valence-electron chi connectivity index (χ2n) is 4.59. The van der Waals surface area contributed by atoms with Crippen LogP contribution in [0.2, 0.25) is 0 Å². The number of methoxy groups -OCH3 is 1. The number of rotatable bonds is 4. The molecule has 1 amide bonds. The average molecular weight is 299 g/mol. The smallest absolute Gasteiger partial charge is 0.319 e. The summed E-state index contributed by atoms with van der Waals surface area (Å²) in [7, 11) is 1.29. The molecule has 2 atom stereocenters. The molecule has 1 aromatic carbocycles. The second-order valence-corrected chi connectivity index (χ2v) is 4.59. The van der Waals surface area contributed by atoms with Crippen molar-refractivity contribution in [3.05, 3.63) is 29.3 Å². The van der Waals surface area contributed by atoms with Crippen molar-refractivity contribution in [2.75, 3.05) is 20.3 Å². The van der Waals surface area contributed by atoms with Gasteiger partial charge in [-0.1, -0.05) is 0 Å². The van der Waals surface area contributed by atoms with Crippen LogP contribution >= 0.6 is 0 Å². The molecule has 1 fully saturated rings. The molecule has 5 nitrogen and oxygen atoms in total. The van der Waals surface area contributed by atoms with Crippen molar-refractivity contribution in [3.8, 4) is 5.75 Å². The van der Waals surface area contributed by atoms with Crippen molar-refractivity contribution in [1.82, 2.24) is 5.32 Å². The van der Waals surface area contributed by atoms with Gasteiger partial charge in [0.1, 0.15) is 23.3 Å². The van der Waals surface area contributed by atoms with E-state index >= 15 is 0 Å². The van der Waals surface area contributed by atoms with E-state index in [1.807, 2.05) is 0 Å². The molecule has 0 radical (unpaired) electrons. The molecule has 21 heavy (non-hydrogen) atoms. The summed E-state index contributed by atoms with van der Waals surface area (Å²) in [6.45, 7) is 1.65. The van der Waals surface area contributed by atoms with Crippen LogP contribution in [0.3, 0.4) is 0 Å². The minimum Gasteiger partial charge on any atom is -0.497 e. The first-order valence-electron chi connectivity index (χ1n) is 6.46. The van der Waals surface area contributed by atoms with Crippen LogP contribution < -0.4 is 10.1 Å². The Hall–Kier alpha value is -2.18. The van der Waals surface area contributed by atoms with Gasteiger partial charge >= 0.3 is 5.97 Å². The molecule has 0 unspecified atom stereocenters. The Morgan fingerprint density at radius 2 is 2.00 bits per heavy atom. The monoisotopic (exact) mass is 299 g/mol. The summed E-state index contributed by atoms with van der Waals surface area (Å²) in [5, 5.41) is 2.44. The Bertz CT molecular complexity index is 553. The van der Waals surface area contributed by atoms with E-state index in [0.29, 0.717) is 0 Å². The van der Waals surface area contributed by atoms with Crippen molar-refractivity contribution in [1.29, 1.82) is 0 Å². The van der Waals surface area contributed by atoms with E-state index in [-0.39, 0.29) is 24.5 Å². The molecule has 1 N–H and O–H groups in total. The van der Waals surface area contributed by atoms with E-state index in [0.717, 1.165) is 12.1 Å². The normalized spacial score (nSPS) is 21.0. The number of benzene rings is 1. The highest BCUT2D eigenvalue weighted by atomic mass is 19.1. The number of hydrogen-bond acceptors (Lipinski definition) is 4. The predicted octanol–water partition coefficient (Wildman–Crippen LogP) is 1.37. The van der Waals surface area contributed by atoms with Gasteiger partial charge in [-0.15, -0.1) is 0 Å². The first kappa shape index (κ1) is 15.2. The standard InChI is InChI=1S/C14H15F2NO4/c1-3-21-14(19)12-8(6-17-13(12)18)11-9(15)4-7(20-2)5-10(11)16/h4-5,8,12H,3,6H2,1-2H3,(H,17,18)/t8-,12-/m0/s1. The lowest BCUT2D eigenvalue weighted by Crippen LogP contribution is -2.29. The van der Waals surface area contributed by atoms with Crippen LogP contribution in [0, 0.1) is 17.6 Å². The lowest BCUT2D eigenvalue weighted by molar-refractivity contribution is -0.151. The van der Waals surface area contributed by atoms with Crippen LogP contribution in [0.4, 0.5) is 8.78 Å². The molecule has 0 bridgehead atoms. The number of nitrogens with one attached hydrogen (secondary N) is 1. The highest BCUT2D eigenvalue weighted by Crippen LogP contribution is 2.35. The van der Waals surface area contributed by atoms with Gasteiger partial charge in [0, 0.05) is 30.2 Å². The highest BCUT2D eigenvalue weighted by Gasteiger charge is 2.44. The fraction of sp³-hybridized carbons (Fsp3) is 0.429.